The average molecular weight is 578 g/mol. The maximum Gasteiger partial charge on any atom is 0.253 e. The molecule has 2 aliphatic rings. The monoisotopic (exact) mass is 577 g/mol. The molecule has 43 heavy (non-hydrogen) atoms. The van der Waals surface area contributed by atoms with Crippen molar-refractivity contribution in [2.75, 3.05) is 0 Å². The van der Waals surface area contributed by atoms with Gasteiger partial charge in [-0.3, -0.25) is 4.79 Å². The standard InChI is InChI=1S/C37H47N5O/c1-9-23-25(11-3)33-29(15-7)34-26(12-4)27(13-5)35(41-34)32(37(38)43)36-28(14-6)24(10-2)31(42(36)16-8)20-22-18-17-21(39-22)19-30(23)40-33/h17-20,40H,9-16H2,1-8H3,(H2,38,43). The molecule has 6 nitrogen and oxygen atoms in total. The first-order valence-corrected chi connectivity index (χ1v) is 16.3. The zero-order valence-electron chi connectivity index (χ0n) is 27.3. The number of carbonyl (C=O) groups is 1. The topological polar surface area (TPSA) is 89.6 Å². The number of aryl methyl sites for hydroxylation is 6. The molecule has 0 unspecified atom stereocenters. The van der Waals surface area contributed by atoms with Crippen molar-refractivity contribution in [3.8, 4) is 0 Å². The van der Waals surface area contributed by atoms with Gasteiger partial charge in [0.25, 0.3) is 5.91 Å². The summed E-state index contributed by atoms with van der Waals surface area (Å²) in [4.78, 5) is 27.9. The van der Waals surface area contributed by atoms with Crippen molar-refractivity contribution >= 4 is 51.3 Å². The van der Waals surface area contributed by atoms with E-state index in [0.717, 1.165) is 95.4 Å². The van der Waals surface area contributed by atoms with E-state index < -0.39 is 5.91 Å². The minimum Gasteiger partial charge on any atom is -0.365 e. The highest BCUT2D eigenvalue weighted by atomic mass is 16.1. The number of hydrogen-bond donors (Lipinski definition) is 2. The van der Waals surface area contributed by atoms with Crippen LogP contribution >= 0.6 is 0 Å². The van der Waals surface area contributed by atoms with Crippen LogP contribution in [0.5, 0.6) is 0 Å². The van der Waals surface area contributed by atoms with Gasteiger partial charge in [0.2, 0.25) is 0 Å². The first-order valence-electron chi connectivity index (χ1n) is 16.3. The summed E-state index contributed by atoms with van der Waals surface area (Å²) < 4.78 is 2.27. The first kappa shape index (κ1) is 30.5. The SMILES string of the molecule is CCC1=C(CC)c2nc1c(CC)c1[nH]c(cc3nc(cc4c(CC)c(CC)c(c2C(N)=O)n4CC)C=C3)c(CC)c1CC. The van der Waals surface area contributed by atoms with Gasteiger partial charge < -0.3 is 15.3 Å². The Morgan fingerprint density at radius 2 is 1.28 bits per heavy atom. The van der Waals surface area contributed by atoms with Gasteiger partial charge in [0.05, 0.1) is 33.9 Å². The maximum absolute atomic E-state index is 13.6. The van der Waals surface area contributed by atoms with Crippen LogP contribution in [0.25, 0.3) is 45.4 Å². The summed E-state index contributed by atoms with van der Waals surface area (Å²) in [5.74, 6) is -0.426. The molecule has 3 N–H and O–H groups in total. The summed E-state index contributed by atoms with van der Waals surface area (Å²) in [6, 6.07) is 4.37. The minimum atomic E-state index is -0.426. The molecule has 3 aromatic heterocycles. The molecule has 0 atom stereocenters. The molecule has 226 valence electrons. The summed E-state index contributed by atoms with van der Waals surface area (Å²) in [7, 11) is 0. The second-order valence-electron chi connectivity index (χ2n) is 11.3. The van der Waals surface area contributed by atoms with Gasteiger partial charge in [-0.05, 0) is 110 Å². The van der Waals surface area contributed by atoms with E-state index in [1.807, 2.05) is 0 Å². The zero-order valence-corrected chi connectivity index (χ0v) is 27.3. The Kier molecular flexibility index (Phi) is 8.77. The quantitative estimate of drug-likeness (QED) is 0.209. The number of H-pyrrole nitrogens is 1. The summed E-state index contributed by atoms with van der Waals surface area (Å²) >= 11 is 0. The summed E-state index contributed by atoms with van der Waals surface area (Å²) in [5, 5.41) is 0. The lowest BCUT2D eigenvalue weighted by atomic mass is 9.93. The number of carbonyl (C=O) groups excluding carboxylic acids is 1. The predicted octanol–water partition coefficient (Wildman–Crippen LogP) is 8.62. The van der Waals surface area contributed by atoms with E-state index in [-0.39, 0.29) is 0 Å². The molecule has 6 heteroatoms. The van der Waals surface area contributed by atoms with Gasteiger partial charge >= 0.3 is 0 Å². The van der Waals surface area contributed by atoms with E-state index in [1.165, 1.54) is 33.4 Å². The Labute approximate surface area is 256 Å². The molecule has 1 amide bonds. The smallest absolute Gasteiger partial charge is 0.253 e. The fourth-order valence-electron chi connectivity index (χ4n) is 7.47. The number of primary amides is 1. The molecular formula is C37H47N5O. The molecule has 5 rings (SSSR count). The van der Waals surface area contributed by atoms with Crippen molar-refractivity contribution in [2.45, 2.75) is 107 Å². The van der Waals surface area contributed by atoms with Crippen LogP contribution in [-0.4, -0.2) is 25.4 Å². The Morgan fingerprint density at radius 3 is 1.81 bits per heavy atom. The second-order valence-corrected chi connectivity index (χ2v) is 11.3. The number of fused-ring (bicyclic) bond motifs is 8. The van der Waals surface area contributed by atoms with Gasteiger partial charge in [-0.25, -0.2) is 9.97 Å². The highest BCUT2D eigenvalue weighted by molar-refractivity contribution is 6.09. The summed E-state index contributed by atoms with van der Waals surface area (Å²) in [5.41, 5.74) is 23.4. The van der Waals surface area contributed by atoms with E-state index in [9.17, 15) is 4.79 Å². The molecule has 0 saturated heterocycles. The third-order valence-corrected chi connectivity index (χ3v) is 9.29. The Morgan fingerprint density at radius 1 is 0.698 bits per heavy atom. The third-order valence-electron chi connectivity index (χ3n) is 9.29. The predicted molar refractivity (Wildman–Crippen MR) is 182 cm³/mol. The number of nitrogens with two attached hydrogens (primary N) is 1. The van der Waals surface area contributed by atoms with Crippen molar-refractivity contribution in [3.63, 3.8) is 0 Å². The molecular weight excluding hydrogens is 530 g/mol. The highest BCUT2D eigenvalue weighted by Gasteiger charge is 2.29. The number of nitrogens with one attached hydrogen (secondary N) is 1. The minimum absolute atomic E-state index is 0.426. The van der Waals surface area contributed by atoms with Gasteiger partial charge in [0.15, 0.2) is 0 Å². The van der Waals surface area contributed by atoms with Crippen molar-refractivity contribution in [3.05, 3.63) is 68.3 Å². The molecule has 3 aromatic rings. The fourth-order valence-corrected chi connectivity index (χ4v) is 7.47. The van der Waals surface area contributed by atoms with E-state index in [2.05, 4.69) is 89.2 Å². The number of hydrogen-bond acceptors (Lipinski definition) is 3. The average Bonchev–Trinajstić information content (AvgIpc) is 3.75. The van der Waals surface area contributed by atoms with Gasteiger partial charge in [-0.2, -0.15) is 0 Å². The highest BCUT2D eigenvalue weighted by Crippen LogP contribution is 2.41. The Balaban J connectivity index is 2.19. The van der Waals surface area contributed by atoms with Crippen LogP contribution in [0.15, 0.2) is 12.1 Å². The number of rotatable bonds is 9. The van der Waals surface area contributed by atoms with Crippen molar-refractivity contribution < 1.29 is 4.79 Å². The lowest BCUT2D eigenvalue weighted by molar-refractivity contribution is 0.100. The van der Waals surface area contributed by atoms with E-state index in [1.54, 1.807) is 0 Å². The van der Waals surface area contributed by atoms with Crippen LogP contribution in [0.2, 0.25) is 0 Å². The van der Waals surface area contributed by atoms with Crippen molar-refractivity contribution in [1.29, 1.82) is 0 Å². The lowest BCUT2D eigenvalue weighted by Gasteiger charge is -2.11. The lowest BCUT2D eigenvalue weighted by Crippen LogP contribution is -2.16. The zero-order chi connectivity index (χ0) is 31.0. The van der Waals surface area contributed by atoms with Crippen LogP contribution < -0.4 is 5.73 Å². The summed E-state index contributed by atoms with van der Waals surface area (Å²) in [6.07, 6.45) is 10.1. The molecule has 8 bridgehead atoms. The summed E-state index contributed by atoms with van der Waals surface area (Å²) in [6.45, 7) is 18.2. The van der Waals surface area contributed by atoms with Crippen molar-refractivity contribution in [2.24, 2.45) is 5.73 Å². The molecule has 0 fully saturated rings. The van der Waals surface area contributed by atoms with Gasteiger partial charge in [0.1, 0.15) is 0 Å². The van der Waals surface area contributed by atoms with E-state index >= 15 is 0 Å². The van der Waals surface area contributed by atoms with E-state index in [4.69, 9.17) is 15.7 Å². The van der Waals surface area contributed by atoms with Gasteiger partial charge in [0, 0.05) is 28.7 Å². The largest absolute Gasteiger partial charge is 0.365 e. The van der Waals surface area contributed by atoms with Crippen LogP contribution in [0, 0.1) is 0 Å². The van der Waals surface area contributed by atoms with Crippen LogP contribution in [0.1, 0.15) is 129 Å². The van der Waals surface area contributed by atoms with Gasteiger partial charge in [-0.15, -0.1) is 0 Å². The van der Waals surface area contributed by atoms with Crippen LogP contribution in [0.3, 0.4) is 0 Å². The number of amides is 1. The number of aromatic amines is 1. The third kappa shape index (κ3) is 4.85. The number of allylic oxidation sites excluding steroid dienone is 2. The number of aromatic nitrogens is 4. The molecule has 0 radical (unpaired) electrons. The molecule has 0 aliphatic carbocycles. The van der Waals surface area contributed by atoms with Crippen molar-refractivity contribution in [1.82, 2.24) is 19.5 Å². The maximum atomic E-state index is 13.6. The molecule has 5 heterocycles. The Bertz CT molecular complexity index is 1830. The van der Waals surface area contributed by atoms with Gasteiger partial charge in [-0.1, -0.05) is 48.5 Å². The Hall–Kier alpha value is -3.93. The second kappa shape index (κ2) is 12.4. The molecule has 0 saturated carbocycles. The van der Waals surface area contributed by atoms with E-state index in [0.29, 0.717) is 12.1 Å². The molecule has 2 aliphatic heterocycles. The number of nitrogens with zero attached hydrogens (tertiary/aromatic N) is 3. The molecule has 0 spiro atoms. The molecule has 0 aromatic carbocycles. The van der Waals surface area contributed by atoms with Crippen LogP contribution in [-0.2, 0) is 38.6 Å². The van der Waals surface area contributed by atoms with Crippen LogP contribution in [0.4, 0.5) is 0 Å². The first-order chi connectivity index (χ1) is 20.8. The fraction of sp³-hybridized carbons (Fsp3) is 0.432. The normalized spacial score (nSPS) is 12.9.